The zero-order valence-electron chi connectivity index (χ0n) is 11.2. The Bertz CT molecular complexity index is 423. The first-order chi connectivity index (χ1) is 8.51. The van der Waals surface area contributed by atoms with E-state index in [1.54, 1.807) is 25.8 Å². The first kappa shape index (κ1) is 14.4. The molecule has 1 aromatic rings. The van der Waals surface area contributed by atoms with Gasteiger partial charge in [0.15, 0.2) is 0 Å². The van der Waals surface area contributed by atoms with Crippen molar-refractivity contribution in [3.05, 3.63) is 17.5 Å². The molecule has 1 N–H and O–H groups in total. The molecule has 18 heavy (non-hydrogen) atoms. The molecule has 0 aliphatic heterocycles. The fourth-order valence-corrected chi connectivity index (χ4v) is 1.35. The molecular formula is C12H19N3O3. The van der Waals surface area contributed by atoms with E-state index in [9.17, 15) is 4.79 Å². The van der Waals surface area contributed by atoms with Crippen molar-refractivity contribution in [3.63, 3.8) is 0 Å². The van der Waals surface area contributed by atoms with Crippen molar-refractivity contribution in [1.82, 2.24) is 9.97 Å². The third-order valence-corrected chi connectivity index (χ3v) is 2.70. The average Bonchev–Trinajstić information content (AvgIpc) is 2.36. The van der Waals surface area contributed by atoms with Gasteiger partial charge < -0.3 is 14.7 Å². The van der Waals surface area contributed by atoms with Gasteiger partial charge in [0, 0.05) is 13.2 Å². The summed E-state index contributed by atoms with van der Waals surface area (Å²) < 4.78 is 4.91. The van der Waals surface area contributed by atoms with Gasteiger partial charge >= 0.3 is 5.97 Å². The van der Waals surface area contributed by atoms with Gasteiger partial charge in [-0.2, -0.15) is 0 Å². The van der Waals surface area contributed by atoms with Crippen LogP contribution in [0, 0.1) is 6.92 Å². The van der Waals surface area contributed by atoms with Gasteiger partial charge in [-0.1, -0.05) is 0 Å². The third kappa shape index (κ3) is 3.16. The summed E-state index contributed by atoms with van der Waals surface area (Å²) in [5.74, 6) is 0.0570. The number of esters is 1. The molecule has 0 saturated carbocycles. The molecule has 0 aliphatic carbocycles. The van der Waals surface area contributed by atoms with Gasteiger partial charge in [-0.05, 0) is 20.8 Å². The molecule has 0 bridgehead atoms. The van der Waals surface area contributed by atoms with Crippen LogP contribution < -0.4 is 4.90 Å². The first-order valence-electron chi connectivity index (χ1n) is 5.85. The van der Waals surface area contributed by atoms with Gasteiger partial charge in [0.2, 0.25) is 5.95 Å². The molecule has 0 fully saturated rings. The number of aliphatic hydroxyl groups is 1. The average molecular weight is 253 g/mol. The van der Waals surface area contributed by atoms with Crippen molar-refractivity contribution in [3.8, 4) is 0 Å². The molecule has 6 nitrogen and oxygen atoms in total. The van der Waals surface area contributed by atoms with E-state index in [2.05, 4.69) is 9.97 Å². The van der Waals surface area contributed by atoms with Gasteiger partial charge in [-0.3, -0.25) is 0 Å². The second kappa shape index (κ2) is 6.30. The lowest BCUT2D eigenvalue weighted by atomic mass is 10.2. The molecule has 6 heteroatoms. The van der Waals surface area contributed by atoms with Crippen molar-refractivity contribution < 1.29 is 14.6 Å². The number of rotatable bonds is 5. The topological polar surface area (TPSA) is 75.5 Å². The van der Waals surface area contributed by atoms with Crippen molar-refractivity contribution >= 4 is 11.9 Å². The van der Waals surface area contributed by atoms with E-state index in [4.69, 9.17) is 9.84 Å². The molecule has 1 rings (SSSR count). The number of aliphatic hydroxyl groups excluding tert-OH is 1. The summed E-state index contributed by atoms with van der Waals surface area (Å²) in [5.41, 5.74) is 0.932. The Kier molecular flexibility index (Phi) is 5.03. The quantitative estimate of drug-likeness (QED) is 0.781. The fraction of sp³-hybridized carbons (Fsp3) is 0.583. The molecule has 0 aromatic carbocycles. The van der Waals surface area contributed by atoms with Crippen molar-refractivity contribution in [2.75, 3.05) is 25.2 Å². The van der Waals surface area contributed by atoms with Crippen molar-refractivity contribution in [2.24, 2.45) is 0 Å². The standard InChI is InChI=1S/C12H19N3O3/c1-5-18-11(17)10-6-13-12(14-9(10)3)15(4)8(2)7-16/h6,8,16H,5,7H2,1-4H3. The summed E-state index contributed by atoms with van der Waals surface area (Å²) in [5, 5.41) is 9.08. The number of anilines is 1. The molecule has 1 atom stereocenters. The van der Waals surface area contributed by atoms with Gasteiger partial charge in [-0.15, -0.1) is 0 Å². The highest BCUT2D eigenvalue weighted by atomic mass is 16.5. The van der Waals surface area contributed by atoms with Gasteiger partial charge in [0.05, 0.1) is 30.5 Å². The second-order valence-corrected chi connectivity index (χ2v) is 4.03. The predicted molar refractivity (Wildman–Crippen MR) is 67.7 cm³/mol. The second-order valence-electron chi connectivity index (χ2n) is 4.03. The van der Waals surface area contributed by atoms with Crippen LogP contribution in [-0.2, 0) is 4.74 Å². The van der Waals surface area contributed by atoms with Gasteiger partial charge in [0.1, 0.15) is 0 Å². The number of ether oxygens (including phenoxy) is 1. The zero-order chi connectivity index (χ0) is 13.7. The number of hydrogen-bond donors (Lipinski definition) is 1. The molecule has 1 unspecified atom stereocenters. The van der Waals surface area contributed by atoms with Crippen LogP contribution >= 0.6 is 0 Å². The Labute approximate surface area is 107 Å². The number of aryl methyl sites for hydroxylation is 1. The van der Waals surface area contributed by atoms with Crippen LogP contribution in [-0.4, -0.2) is 47.3 Å². The Morgan fingerprint density at radius 2 is 2.28 bits per heavy atom. The molecule has 0 radical (unpaired) electrons. The van der Waals surface area contributed by atoms with Gasteiger partial charge in [-0.25, -0.2) is 14.8 Å². The molecule has 1 aromatic heterocycles. The largest absolute Gasteiger partial charge is 0.462 e. The number of aromatic nitrogens is 2. The van der Waals surface area contributed by atoms with Crippen LogP contribution in [0.3, 0.4) is 0 Å². The normalized spacial score (nSPS) is 12.1. The van der Waals surface area contributed by atoms with Crippen LogP contribution in [0.15, 0.2) is 6.20 Å². The Hall–Kier alpha value is -1.69. The zero-order valence-corrected chi connectivity index (χ0v) is 11.2. The van der Waals surface area contributed by atoms with Crippen LogP contribution in [0.1, 0.15) is 29.9 Å². The summed E-state index contributed by atoms with van der Waals surface area (Å²) in [7, 11) is 1.79. The van der Waals surface area contributed by atoms with E-state index < -0.39 is 5.97 Å². The summed E-state index contributed by atoms with van der Waals surface area (Å²) in [6, 6.07) is -0.0853. The number of carbonyl (C=O) groups is 1. The van der Waals surface area contributed by atoms with E-state index in [1.165, 1.54) is 6.20 Å². The minimum absolute atomic E-state index is 0.0124. The summed E-state index contributed by atoms with van der Waals surface area (Å²) in [4.78, 5) is 21.7. The third-order valence-electron chi connectivity index (χ3n) is 2.70. The van der Waals surface area contributed by atoms with Crippen LogP contribution in [0.4, 0.5) is 5.95 Å². The molecule has 0 spiro atoms. The lowest BCUT2D eigenvalue weighted by Crippen LogP contribution is -2.33. The fourth-order valence-electron chi connectivity index (χ4n) is 1.35. The number of carbonyl (C=O) groups excluding carboxylic acids is 1. The van der Waals surface area contributed by atoms with Crippen LogP contribution in [0.25, 0.3) is 0 Å². The maximum Gasteiger partial charge on any atom is 0.341 e. The van der Waals surface area contributed by atoms with E-state index >= 15 is 0 Å². The first-order valence-corrected chi connectivity index (χ1v) is 5.85. The summed E-state index contributed by atoms with van der Waals surface area (Å²) >= 11 is 0. The molecule has 0 saturated heterocycles. The van der Waals surface area contributed by atoms with E-state index in [-0.39, 0.29) is 12.6 Å². The minimum atomic E-state index is -0.417. The predicted octanol–water partition coefficient (Wildman–Crippen LogP) is 0.779. The highest BCUT2D eigenvalue weighted by molar-refractivity contribution is 5.90. The lowest BCUT2D eigenvalue weighted by molar-refractivity contribution is 0.0524. The summed E-state index contributed by atoms with van der Waals surface area (Å²) in [6.45, 7) is 5.67. The SMILES string of the molecule is CCOC(=O)c1cnc(N(C)C(C)CO)nc1C. The van der Waals surface area contributed by atoms with Crippen LogP contribution in [0.5, 0.6) is 0 Å². The Morgan fingerprint density at radius 3 is 2.78 bits per heavy atom. The maximum absolute atomic E-state index is 11.6. The number of likely N-dealkylation sites (N-methyl/N-ethyl adjacent to an activating group) is 1. The highest BCUT2D eigenvalue weighted by Gasteiger charge is 2.16. The van der Waals surface area contributed by atoms with E-state index in [0.29, 0.717) is 23.8 Å². The highest BCUT2D eigenvalue weighted by Crippen LogP contribution is 2.13. The lowest BCUT2D eigenvalue weighted by Gasteiger charge is -2.23. The number of nitrogens with zero attached hydrogens (tertiary/aromatic N) is 3. The monoisotopic (exact) mass is 253 g/mol. The van der Waals surface area contributed by atoms with Crippen molar-refractivity contribution in [1.29, 1.82) is 0 Å². The minimum Gasteiger partial charge on any atom is -0.462 e. The maximum atomic E-state index is 11.6. The van der Waals surface area contributed by atoms with Crippen LogP contribution in [0.2, 0.25) is 0 Å². The summed E-state index contributed by atoms with van der Waals surface area (Å²) in [6.07, 6.45) is 1.45. The number of hydrogen-bond acceptors (Lipinski definition) is 6. The van der Waals surface area contributed by atoms with E-state index in [1.807, 2.05) is 6.92 Å². The molecule has 0 amide bonds. The molecule has 100 valence electrons. The Balaban J connectivity index is 2.95. The van der Waals surface area contributed by atoms with Gasteiger partial charge in [0.25, 0.3) is 0 Å². The Morgan fingerprint density at radius 1 is 1.61 bits per heavy atom. The smallest absolute Gasteiger partial charge is 0.341 e. The molecular weight excluding hydrogens is 234 g/mol. The molecule has 0 aliphatic rings. The van der Waals surface area contributed by atoms with E-state index in [0.717, 1.165) is 0 Å². The van der Waals surface area contributed by atoms with Crippen molar-refractivity contribution in [2.45, 2.75) is 26.8 Å². The molecule has 1 heterocycles.